The van der Waals surface area contributed by atoms with Crippen molar-refractivity contribution in [1.29, 1.82) is 0 Å². The minimum Gasteiger partial charge on any atom is -0.493 e. The van der Waals surface area contributed by atoms with Gasteiger partial charge in [0.05, 0.1) is 13.7 Å². The van der Waals surface area contributed by atoms with Crippen molar-refractivity contribution in [3.63, 3.8) is 0 Å². The third kappa shape index (κ3) is 3.54. The molecule has 0 unspecified atom stereocenters. The smallest absolute Gasteiger partial charge is 0.164 e. The molecule has 0 radical (unpaired) electrons. The lowest BCUT2D eigenvalue weighted by molar-refractivity contribution is 0.305. The van der Waals surface area contributed by atoms with Crippen LogP contribution in [-0.2, 0) is 13.0 Å². The maximum Gasteiger partial charge on any atom is 0.164 e. The summed E-state index contributed by atoms with van der Waals surface area (Å²) in [4.78, 5) is 2.50. The number of nitrogens with zero attached hydrogens (tertiary/aromatic N) is 1. The first kappa shape index (κ1) is 14.9. The monoisotopic (exact) mass is 275 g/mol. The predicted octanol–water partition coefficient (Wildman–Crippen LogP) is 3.42. The Kier molecular flexibility index (Phi) is 5.48. The number of ether oxygens (including phenoxy) is 2. The zero-order valence-electron chi connectivity index (χ0n) is 12.7. The maximum absolute atomic E-state index is 5.74. The van der Waals surface area contributed by atoms with Gasteiger partial charge in [0.1, 0.15) is 0 Å². The Morgan fingerprint density at radius 1 is 1.30 bits per heavy atom. The molecule has 3 nitrogen and oxygen atoms in total. The highest BCUT2D eigenvalue weighted by atomic mass is 16.5. The van der Waals surface area contributed by atoms with Crippen molar-refractivity contribution in [2.24, 2.45) is 0 Å². The Bertz CT molecular complexity index is 451. The van der Waals surface area contributed by atoms with Crippen molar-refractivity contribution in [2.75, 3.05) is 26.8 Å². The summed E-state index contributed by atoms with van der Waals surface area (Å²) in [6.07, 6.45) is 5.34. The van der Waals surface area contributed by atoms with E-state index in [1.807, 2.05) is 13.0 Å². The standard InChI is InChI=1S/C17H25NO2/c1-4-8-15-11-14(13-18-9-6-7-10-18)12-16(20-5-2)17(15)19-3/h4,11-12H,1,5-10,13H2,2-3H3. The van der Waals surface area contributed by atoms with Gasteiger partial charge in [0.25, 0.3) is 0 Å². The molecule has 1 aliphatic rings. The highest BCUT2D eigenvalue weighted by Gasteiger charge is 2.16. The largest absolute Gasteiger partial charge is 0.493 e. The summed E-state index contributed by atoms with van der Waals surface area (Å²) >= 11 is 0. The van der Waals surface area contributed by atoms with Gasteiger partial charge in [0.15, 0.2) is 11.5 Å². The lowest BCUT2D eigenvalue weighted by atomic mass is 10.1. The number of likely N-dealkylation sites (tertiary alicyclic amines) is 1. The number of methoxy groups -OCH3 is 1. The van der Waals surface area contributed by atoms with Crippen molar-refractivity contribution >= 4 is 0 Å². The number of benzene rings is 1. The van der Waals surface area contributed by atoms with Gasteiger partial charge < -0.3 is 9.47 Å². The fourth-order valence-corrected chi connectivity index (χ4v) is 2.81. The van der Waals surface area contributed by atoms with Gasteiger partial charge in [-0.3, -0.25) is 4.90 Å². The van der Waals surface area contributed by atoms with E-state index in [1.54, 1.807) is 7.11 Å². The quantitative estimate of drug-likeness (QED) is 0.712. The van der Waals surface area contributed by atoms with Crippen LogP contribution in [0.2, 0.25) is 0 Å². The van der Waals surface area contributed by atoms with E-state index in [0.29, 0.717) is 6.61 Å². The molecular formula is C17H25NO2. The van der Waals surface area contributed by atoms with Crippen LogP contribution in [0.15, 0.2) is 24.8 Å². The zero-order chi connectivity index (χ0) is 14.4. The van der Waals surface area contributed by atoms with E-state index in [2.05, 4.69) is 23.6 Å². The molecule has 0 bridgehead atoms. The highest BCUT2D eigenvalue weighted by Crippen LogP contribution is 2.34. The summed E-state index contributed by atoms with van der Waals surface area (Å²) in [6, 6.07) is 4.34. The first-order valence-corrected chi connectivity index (χ1v) is 7.44. The molecule has 1 aromatic rings. The van der Waals surface area contributed by atoms with Crippen LogP contribution in [0, 0.1) is 0 Å². The SMILES string of the molecule is C=CCc1cc(CN2CCCC2)cc(OCC)c1OC. The molecule has 1 fully saturated rings. The summed E-state index contributed by atoms with van der Waals surface area (Å²) in [5.74, 6) is 1.69. The van der Waals surface area contributed by atoms with Crippen LogP contribution in [0.4, 0.5) is 0 Å². The van der Waals surface area contributed by atoms with E-state index in [4.69, 9.17) is 9.47 Å². The number of hydrogen-bond donors (Lipinski definition) is 0. The molecule has 0 saturated carbocycles. The van der Waals surface area contributed by atoms with E-state index < -0.39 is 0 Å². The molecule has 0 aliphatic carbocycles. The Labute approximate surface area is 122 Å². The summed E-state index contributed by atoms with van der Waals surface area (Å²) in [5, 5.41) is 0. The predicted molar refractivity (Wildman–Crippen MR) is 82.6 cm³/mol. The zero-order valence-corrected chi connectivity index (χ0v) is 12.7. The van der Waals surface area contributed by atoms with Gasteiger partial charge in [0, 0.05) is 12.1 Å². The van der Waals surface area contributed by atoms with Gasteiger partial charge in [-0.15, -0.1) is 6.58 Å². The average Bonchev–Trinajstić information content (AvgIpc) is 2.92. The molecule has 1 aromatic carbocycles. The van der Waals surface area contributed by atoms with E-state index >= 15 is 0 Å². The van der Waals surface area contributed by atoms with Gasteiger partial charge in [-0.1, -0.05) is 12.1 Å². The topological polar surface area (TPSA) is 21.7 Å². The minimum atomic E-state index is 0.650. The van der Waals surface area contributed by atoms with Crippen LogP contribution in [-0.4, -0.2) is 31.7 Å². The molecule has 0 spiro atoms. The molecule has 0 N–H and O–H groups in total. The van der Waals surface area contributed by atoms with Crippen molar-refractivity contribution in [3.05, 3.63) is 35.9 Å². The van der Waals surface area contributed by atoms with Crippen molar-refractivity contribution in [1.82, 2.24) is 4.90 Å². The second-order valence-corrected chi connectivity index (χ2v) is 5.20. The van der Waals surface area contributed by atoms with E-state index in [1.165, 1.54) is 31.5 Å². The van der Waals surface area contributed by atoms with Gasteiger partial charge in [-0.05, 0) is 50.9 Å². The molecule has 1 saturated heterocycles. The summed E-state index contributed by atoms with van der Waals surface area (Å²) < 4.78 is 11.3. The highest BCUT2D eigenvalue weighted by molar-refractivity contribution is 5.50. The van der Waals surface area contributed by atoms with Crippen LogP contribution >= 0.6 is 0 Å². The maximum atomic E-state index is 5.74. The van der Waals surface area contributed by atoms with E-state index in [0.717, 1.165) is 30.0 Å². The fourth-order valence-electron chi connectivity index (χ4n) is 2.81. The minimum absolute atomic E-state index is 0.650. The van der Waals surface area contributed by atoms with E-state index in [9.17, 15) is 0 Å². The molecule has 1 heterocycles. The molecular weight excluding hydrogens is 250 g/mol. The van der Waals surface area contributed by atoms with E-state index in [-0.39, 0.29) is 0 Å². The Morgan fingerprint density at radius 3 is 2.65 bits per heavy atom. The number of rotatable bonds is 7. The Hall–Kier alpha value is -1.48. The molecule has 3 heteroatoms. The summed E-state index contributed by atoms with van der Waals surface area (Å²) in [7, 11) is 1.70. The van der Waals surface area contributed by atoms with Crippen molar-refractivity contribution < 1.29 is 9.47 Å². The average molecular weight is 275 g/mol. The van der Waals surface area contributed by atoms with Crippen LogP contribution in [0.25, 0.3) is 0 Å². The van der Waals surface area contributed by atoms with Crippen LogP contribution < -0.4 is 9.47 Å². The Morgan fingerprint density at radius 2 is 2.05 bits per heavy atom. The van der Waals surface area contributed by atoms with Crippen LogP contribution in [0.1, 0.15) is 30.9 Å². The Balaban J connectivity index is 2.28. The molecule has 2 rings (SSSR count). The van der Waals surface area contributed by atoms with Gasteiger partial charge in [-0.2, -0.15) is 0 Å². The molecule has 110 valence electrons. The number of allylic oxidation sites excluding steroid dienone is 1. The van der Waals surface area contributed by atoms with Crippen LogP contribution in [0.5, 0.6) is 11.5 Å². The number of hydrogen-bond acceptors (Lipinski definition) is 3. The molecule has 0 atom stereocenters. The summed E-state index contributed by atoms with van der Waals surface area (Å²) in [6.45, 7) is 9.88. The van der Waals surface area contributed by atoms with Gasteiger partial charge in [0.2, 0.25) is 0 Å². The summed E-state index contributed by atoms with van der Waals surface area (Å²) in [5.41, 5.74) is 2.45. The molecule has 20 heavy (non-hydrogen) atoms. The van der Waals surface area contributed by atoms with Gasteiger partial charge in [-0.25, -0.2) is 0 Å². The third-order valence-electron chi connectivity index (χ3n) is 3.66. The van der Waals surface area contributed by atoms with Crippen molar-refractivity contribution in [2.45, 2.75) is 32.7 Å². The lowest BCUT2D eigenvalue weighted by Gasteiger charge is -2.19. The third-order valence-corrected chi connectivity index (χ3v) is 3.66. The second-order valence-electron chi connectivity index (χ2n) is 5.20. The first-order valence-electron chi connectivity index (χ1n) is 7.44. The molecule has 0 amide bonds. The molecule has 0 aromatic heterocycles. The fraction of sp³-hybridized carbons (Fsp3) is 0.529. The van der Waals surface area contributed by atoms with Crippen molar-refractivity contribution in [3.8, 4) is 11.5 Å². The van der Waals surface area contributed by atoms with Gasteiger partial charge >= 0.3 is 0 Å². The molecule has 1 aliphatic heterocycles. The first-order chi connectivity index (χ1) is 9.78. The normalized spacial score (nSPS) is 15.3. The second kappa shape index (κ2) is 7.34. The lowest BCUT2D eigenvalue weighted by Crippen LogP contribution is -2.18. The van der Waals surface area contributed by atoms with Crippen LogP contribution in [0.3, 0.4) is 0 Å².